The number of likely N-dealkylation sites (N-methyl/N-ethyl adjacent to an activating group) is 1. The smallest absolute Gasteiger partial charge is 0.161 e. The first-order valence-electron chi connectivity index (χ1n) is 7.42. The van der Waals surface area contributed by atoms with Crippen molar-refractivity contribution in [3.8, 4) is 11.5 Å². The highest BCUT2D eigenvalue weighted by Crippen LogP contribution is 2.28. The molecule has 1 fully saturated rings. The summed E-state index contributed by atoms with van der Waals surface area (Å²) in [7, 11) is 5.44. The maximum atomic E-state index is 9.16. The average molecular weight is 294 g/mol. The predicted octanol–water partition coefficient (Wildman–Crippen LogP) is 1.20. The Morgan fingerprint density at radius 1 is 1.19 bits per heavy atom. The molecule has 1 heterocycles. The molecule has 5 nitrogen and oxygen atoms in total. The van der Waals surface area contributed by atoms with Gasteiger partial charge in [-0.25, -0.2) is 0 Å². The Hall–Kier alpha value is -1.30. The quantitative estimate of drug-likeness (QED) is 0.854. The van der Waals surface area contributed by atoms with Crippen LogP contribution in [0.4, 0.5) is 0 Å². The molecule has 0 aromatic heterocycles. The van der Waals surface area contributed by atoms with Gasteiger partial charge >= 0.3 is 0 Å². The van der Waals surface area contributed by atoms with Gasteiger partial charge in [0.15, 0.2) is 11.5 Å². The molecule has 0 saturated carbocycles. The van der Waals surface area contributed by atoms with E-state index in [4.69, 9.17) is 14.6 Å². The molecule has 1 N–H and O–H groups in total. The van der Waals surface area contributed by atoms with Gasteiger partial charge in [-0.1, -0.05) is 6.07 Å². The van der Waals surface area contributed by atoms with E-state index in [0.29, 0.717) is 6.04 Å². The van der Waals surface area contributed by atoms with E-state index in [1.165, 1.54) is 5.56 Å². The monoisotopic (exact) mass is 294 g/mol. The lowest BCUT2D eigenvalue weighted by atomic mass is 10.1. The highest BCUT2D eigenvalue weighted by Gasteiger charge is 2.23. The number of aliphatic hydroxyl groups excluding tert-OH is 1. The van der Waals surface area contributed by atoms with Crippen LogP contribution in [-0.2, 0) is 6.54 Å². The van der Waals surface area contributed by atoms with E-state index in [1.807, 2.05) is 12.1 Å². The number of rotatable bonds is 6. The van der Waals surface area contributed by atoms with Crippen molar-refractivity contribution in [3.05, 3.63) is 23.8 Å². The average Bonchev–Trinajstić information content (AvgIpc) is 2.50. The largest absolute Gasteiger partial charge is 0.493 e. The van der Waals surface area contributed by atoms with Gasteiger partial charge in [-0.05, 0) is 31.2 Å². The van der Waals surface area contributed by atoms with Crippen molar-refractivity contribution < 1.29 is 14.6 Å². The molecule has 0 radical (unpaired) electrons. The number of hydrogen-bond acceptors (Lipinski definition) is 5. The minimum atomic E-state index is 0.249. The van der Waals surface area contributed by atoms with Crippen LogP contribution in [0.15, 0.2) is 18.2 Å². The lowest BCUT2D eigenvalue weighted by molar-refractivity contribution is 0.0742. The van der Waals surface area contributed by atoms with Crippen molar-refractivity contribution in [1.82, 2.24) is 9.80 Å². The Labute approximate surface area is 127 Å². The summed E-state index contributed by atoms with van der Waals surface area (Å²) in [5.74, 6) is 1.54. The third-order valence-electron chi connectivity index (χ3n) is 4.18. The number of piperazine rings is 1. The fourth-order valence-corrected chi connectivity index (χ4v) is 2.85. The van der Waals surface area contributed by atoms with E-state index >= 15 is 0 Å². The van der Waals surface area contributed by atoms with Crippen LogP contribution in [0, 0.1) is 0 Å². The molecule has 0 aliphatic carbocycles. The Morgan fingerprint density at radius 3 is 2.62 bits per heavy atom. The van der Waals surface area contributed by atoms with E-state index in [-0.39, 0.29) is 6.61 Å². The number of ether oxygens (including phenoxy) is 2. The van der Waals surface area contributed by atoms with Gasteiger partial charge in [0.05, 0.1) is 14.2 Å². The summed E-state index contributed by atoms with van der Waals surface area (Å²) in [6.07, 6.45) is 0.832. The molecule has 1 saturated heterocycles. The molecule has 2 rings (SSSR count). The topological polar surface area (TPSA) is 45.2 Å². The molecule has 1 aromatic carbocycles. The molecule has 0 unspecified atom stereocenters. The van der Waals surface area contributed by atoms with Crippen LogP contribution >= 0.6 is 0 Å². The summed E-state index contributed by atoms with van der Waals surface area (Å²) in [4.78, 5) is 4.77. The Morgan fingerprint density at radius 2 is 1.95 bits per heavy atom. The van der Waals surface area contributed by atoms with Gasteiger partial charge in [-0.3, -0.25) is 4.90 Å². The minimum absolute atomic E-state index is 0.249. The van der Waals surface area contributed by atoms with Gasteiger partial charge in [-0.2, -0.15) is 0 Å². The van der Waals surface area contributed by atoms with Gasteiger partial charge in [0.2, 0.25) is 0 Å². The highest BCUT2D eigenvalue weighted by molar-refractivity contribution is 5.42. The Balaban J connectivity index is 2.01. The van der Waals surface area contributed by atoms with Crippen molar-refractivity contribution >= 4 is 0 Å². The molecule has 0 amide bonds. The van der Waals surface area contributed by atoms with Crippen LogP contribution in [-0.4, -0.2) is 68.5 Å². The number of aliphatic hydroxyl groups is 1. The molecular formula is C16H26N2O3. The van der Waals surface area contributed by atoms with E-state index in [1.54, 1.807) is 14.2 Å². The zero-order chi connectivity index (χ0) is 15.2. The van der Waals surface area contributed by atoms with E-state index in [9.17, 15) is 0 Å². The van der Waals surface area contributed by atoms with Gasteiger partial charge in [0, 0.05) is 38.8 Å². The summed E-state index contributed by atoms with van der Waals surface area (Å²) >= 11 is 0. The van der Waals surface area contributed by atoms with E-state index in [2.05, 4.69) is 22.9 Å². The first-order valence-corrected chi connectivity index (χ1v) is 7.42. The van der Waals surface area contributed by atoms with Crippen molar-refractivity contribution in [3.63, 3.8) is 0 Å². The number of methoxy groups -OCH3 is 2. The van der Waals surface area contributed by atoms with Gasteiger partial charge < -0.3 is 19.5 Å². The van der Waals surface area contributed by atoms with Crippen molar-refractivity contribution in [2.24, 2.45) is 0 Å². The highest BCUT2D eigenvalue weighted by atomic mass is 16.5. The fourth-order valence-electron chi connectivity index (χ4n) is 2.85. The summed E-state index contributed by atoms with van der Waals surface area (Å²) in [6.45, 7) is 4.23. The molecule has 0 spiro atoms. The van der Waals surface area contributed by atoms with E-state index < -0.39 is 0 Å². The minimum Gasteiger partial charge on any atom is -0.493 e. The van der Waals surface area contributed by atoms with Crippen LogP contribution in [0.5, 0.6) is 11.5 Å². The molecular weight excluding hydrogens is 268 g/mol. The summed E-state index contributed by atoms with van der Waals surface area (Å²) < 4.78 is 10.6. The maximum Gasteiger partial charge on any atom is 0.161 e. The van der Waals surface area contributed by atoms with Gasteiger partial charge in [-0.15, -0.1) is 0 Å². The molecule has 0 bridgehead atoms. The standard InChI is InChI=1S/C16H26N2O3/c1-17-7-8-18(12-14(17)6-9-19)11-13-4-5-15(20-2)16(10-13)21-3/h4-5,10,14,19H,6-9,11-12H2,1-3H3/t14-/m1/s1. The van der Waals surface area contributed by atoms with Crippen molar-refractivity contribution in [2.75, 3.05) is 47.5 Å². The number of hydrogen-bond donors (Lipinski definition) is 1. The lowest BCUT2D eigenvalue weighted by Crippen LogP contribution is -2.51. The zero-order valence-corrected chi connectivity index (χ0v) is 13.2. The fraction of sp³-hybridized carbons (Fsp3) is 0.625. The SMILES string of the molecule is COc1ccc(CN2CCN(C)[C@H](CCO)C2)cc1OC. The molecule has 1 aliphatic rings. The summed E-state index contributed by atoms with van der Waals surface area (Å²) in [5, 5.41) is 9.16. The van der Waals surface area contributed by atoms with Crippen LogP contribution < -0.4 is 9.47 Å². The molecule has 1 aromatic rings. The van der Waals surface area contributed by atoms with Crippen LogP contribution in [0.25, 0.3) is 0 Å². The van der Waals surface area contributed by atoms with Crippen molar-refractivity contribution in [2.45, 2.75) is 19.0 Å². The first-order chi connectivity index (χ1) is 10.2. The van der Waals surface area contributed by atoms with Crippen LogP contribution in [0.3, 0.4) is 0 Å². The second kappa shape index (κ2) is 7.64. The summed E-state index contributed by atoms with van der Waals surface area (Å²) in [6, 6.07) is 6.51. The number of nitrogens with zero attached hydrogens (tertiary/aromatic N) is 2. The second-order valence-electron chi connectivity index (χ2n) is 5.57. The molecule has 5 heteroatoms. The summed E-state index contributed by atoms with van der Waals surface area (Å²) in [5.41, 5.74) is 1.22. The third kappa shape index (κ3) is 4.09. The normalized spacial score (nSPS) is 20.5. The first kappa shape index (κ1) is 16.1. The zero-order valence-electron chi connectivity index (χ0n) is 13.2. The predicted molar refractivity (Wildman–Crippen MR) is 82.9 cm³/mol. The maximum absolute atomic E-state index is 9.16. The molecule has 1 atom stereocenters. The number of benzene rings is 1. The Bertz CT molecular complexity index is 453. The van der Waals surface area contributed by atoms with E-state index in [0.717, 1.165) is 44.1 Å². The molecule has 21 heavy (non-hydrogen) atoms. The van der Waals surface area contributed by atoms with Crippen molar-refractivity contribution in [1.29, 1.82) is 0 Å². The third-order valence-corrected chi connectivity index (χ3v) is 4.18. The van der Waals surface area contributed by atoms with Crippen LogP contribution in [0.2, 0.25) is 0 Å². The second-order valence-corrected chi connectivity index (χ2v) is 5.57. The van der Waals surface area contributed by atoms with Gasteiger partial charge in [0.1, 0.15) is 0 Å². The Kier molecular flexibility index (Phi) is 5.85. The van der Waals surface area contributed by atoms with Crippen LogP contribution in [0.1, 0.15) is 12.0 Å². The molecule has 1 aliphatic heterocycles. The lowest BCUT2D eigenvalue weighted by Gasteiger charge is -2.39. The molecule has 118 valence electrons. The van der Waals surface area contributed by atoms with Gasteiger partial charge in [0.25, 0.3) is 0 Å².